The lowest BCUT2D eigenvalue weighted by molar-refractivity contribution is 0.0792. The molecule has 6 heteroatoms. The number of amides is 1. The number of nitrogens with zero attached hydrogens (tertiary/aromatic N) is 1. The quantitative estimate of drug-likeness (QED) is 0.856. The number of thiophene rings is 1. The Bertz CT molecular complexity index is 715. The van der Waals surface area contributed by atoms with Crippen molar-refractivity contribution in [1.82, 2.24) is 10.2 Å². The predicted octanol–water partition coefficient (Wildman–Crippen LogP) is 3.84. The van der Waals surface area contributed by atoms with E-state index in [1.807, 2.05) is 42.3 Å². The van der Waals surface area contributed by atoms with E-state index in [9.17, 15) is 4.79 Å². The summed E-state index contributed by atoms with van der Waals surface area (Å²) in [5.74, 6) is 1.58. The molecule has 1 unspecified atom stereocenters. The number of hydrogen-bond acceptors (Lipinski definition) is 4. The molecule has 4 nitrogen and oxygen atoms in total. The van der Waals surface area contributed by atoms with Crippen LogP contribution in [0, 0.1) is 12.8 Å². The fraction of sp³-hybridized carbons (Fsp3) is 0.421. The molecule has 0 aliphatic carbocycles. The maximum absolute atomic E-state index is 12.8. The number of methoxy groups -OCH3 is 1. The van der Waals surface area contributed by atoms with Gasteiger partial charge in [-0.2, -0.15) is 0 Å². The van der Waals surface area contributed by atoms with E-state index in [-0.39, 0.29) is 18.3 Å². The average molecular weight is 381 g/mol. The van der Waals surface area contributed by atoms with Crippen LogP contribution in [0.25, 0.3) is 11.1 Å². The van der Waals surface area contributed by atoms with Gasteiger partial charge in [0.15, 0.2) is 0 Å². The van der Waals surface area contributed by atoms with E-state index in [1.165, 1.54) is 4.88 Å². The Morgan fingerprint density at radius 2 is 2.08 bits per heavy atom. The van der Waals surface area contributed by atoms with Crippen molar-refractivity contribution in [2.75, 3.05) is 33.8 Å². The molecule has 1 amide bonds. The largest absolute Gasteiger partial charge is 0.497 e. The van der Waals surface area contributed by atoms with Gasteiger partial charge in [-0.15, -0.1) is 23.7 Å². The van der Waals surface area contributed by atoms with Crippen molar-refractivity contribution in [3.8, 4) is 16.9 Å². The highest BCUT2D eigenvalue weighted by atomic mass is 35.5. The van der Waals surface area contributed by atoms with Crippen molar-refractivity contribution in [1.29, 1.82) is 0 Å². The van der Waals surface area contributed by atoms with Crippen LogP contribution in [0.15, 0.2) is 30.3 Å². The molecular weight excluding hydrogens is 356 g/mol. The number of likely N-dealkylation sites (tertiary alicyclic amines) is 1. The van der Waals surface area contributed by atoms with Gasteiger partial charge in [0.25, 0.3) is 5.91 Å². The topological polar surface area (TPSA) is 41.6 Å². The highest BCUT2D eigenvalue weighted by molar-refractivity contribution is 7.14. The highest BCUT2D eigenvalue weighted by Crippen LogP contribution is 2.33. The molecule has 1 aromatic heterocycles. The molecule has 1 saturated heterocycles. The number of benzene rings is 1. The molecular formula is C19H25ClN2O2S. The summed E-state index contributed by atoms with van der Waals surface area (Å²) in [6.07, 6.45) is 1.09. The van der Waals surface area contributed by atoms with Crippen LogP contribution >= 0.6 is 23.7 Å². The van der Waals surface area contributed by atoms with Crippen molar-refractivity contribution in [2.24, 2.45) is 5.92 Å². The second-order valence-corrected chi connectivity index (χ2v) is 7.53. The number of nitrogens with one attached hydrogen (secondary N) is 1. The number of aryl methyl sites for hydroxylation is 1. The van der Waals surface area contributed by atoms with E-state index in [1.54, 1.807) is 18.4 Å². The zero-order valence-electron chi connectivity index (χ0n) is 14.9. The first-order chi connectivity index (χ1) is 11.6. The van der Waals surface area contributed by atoms with Crippen LogP contribution in [0.1, 0.15) is 21.0 Å². The molecule has 0 spiro atoms. The molecule has 2 heterocycles. The van der Waals surface area contributed by atoms with Crippen molar-refractivity contribution < 1.29 is 9.53 Å². The third-order valence-corrected chi connectivity index (χ3v) is 5.63. The van der Waals surface area contributed by atoms with E-state index >= 15 is 0 Å². The van der Waals surface area contributed by atoms with Crippen LogP contribution in [-0.4, -0.2) is 44.6 Å². The summed E-state index contributed by atoms with van der Waals surface area (Å²) < 4.78 is 5.21. The molecule has 25 heavy (non-hydrogen) atoms. The van der Waals surface area contributed by atoms with Gasteiger partial charge in [-0.25, -0.2) is 0 Å². The number of hydrogen-bond donors (Lipinski definition) is 1. The second-order valence-electron chi connectivity index (χ2n) is 6.27. The lowest BCUT2D eigenvalue weighted by Gasteiger charge is -2.15. The smallest absolute Gasteiger partial charge is 0.263 e. The van der Waals surface area contributed by atoms with Crippen LogP contribution in [0.4, 0.5) is 0 Å². The van der Waals surface area contributed by atoms with Crippen molar-refractivity contribution in [2.45, 2.75) is 13.3 Å². The van der Waals surface area contributed by atoms with E-state index in [0.717, 1.165) is 47.8 Å². The first-order valence-electron chi connectivity index (χ1n) is 8.31. The minimum absolute atomic E-state index is 0. The van der Waals surface area contributed by atoms with Gasteiger partial charge in [0.2, 0.25) is 0 Å². The number of carbonyl (C=O) groups excluding carboxylic acids is 1. The molecule has 3 rings (SSSR count). The summed E-state index contributed by atoms with van der Waals surface area (Å²) in [5, 5.41) is 3.21. The Balaban J connectivity index is 0.00000225. The van der Waals surface area contributed by atoms with Gasteiger partial charge in [0, 0.05) is 18.0 Å². The van der Waals surface area contributed by atoms with Gasteiger partial charge in [0.05, 0.1) is 12.0 Å². The van der Waals surface area contributed by atoms with Gasteiger partial charge in [-0.05, 0) is 62.2 Å². The molecule has 2 aromatic rings. The van der Waals surface area contributed by atoms with Gasteiger partial charge < -0.3 is 15.0 Å². The van der Waals surface area contributed by atoms with E-state index in [2.05, 4.69) is 12.2 Å². The summed E-state index contributed by atoms with van der Waals surface area (Å²) in [6, 6.07) is 10.0. The molecule has 0 saturated carbocycles. The number of halogens is 1. The Hall–Kier alpha value is -1.56. The summed E-state index contributed by atoms with van der Waals surface area (Å²) in [4.78, 5) is 16.8. The second kappa shape index (κ2) is 8.70. The molecule has 1 atom stereocenters. The summed E-state index contributed by atoms with van der Waals surface area (Å²) >= 11 is 1.59. The highest BCUT2D eigenvalue weighted by Gasteiger charge is 2.27. The van der Waals surface area contributed by atoms with Crippen molar-refractivity contribution >= 4 is 29.7 Å². The summed E-state index contributed by atoms with van der Waals surface area (Å²) in [5.41, 5.74) is 2.26. The van der Waals surface area contributed by atoms with E-state index in [4.69, 9.17) is 4.74 Å². The van der Waals surface area contributed by atoms with Gasteiger partial charge >= 0.3 is 0 Å². The fourth-order valence-corrected chi connectivity index (χ4v) is 4.28. The molecule has 0 bridgehead atoms. The van der Waals surface area contributed by atoms with Gasteiger partial charge in [0.1, 0.15) is 5.75 Å². The summed E-state index contributed by atoms with van der Waals surface area (Å²) in [7, 11) is 3.63. The number of ether oxygens (including phenoxy) is 1. The minimum Gasteiger partial charge on any atom is -0.497 e. The SMILES string of the molecule is CNCC1CCN(C(=O)c2cc(-c3ccc(OC)cc3)c(C)s2)C1.Cl. The third kappa shape index (κ3) is 4.35. The zero-order chi connectivity index (χ0) is 17.1. The lowest BCUT2D eigenvalue weighted by Crippen LogP contribution is -2.29. The van der Waals surface area contributed by atoms with E-state index in [0.29, 0.717) is 5.92 Å². The minimum atomic E-state index is 0. The van der Waals surface area contributed by atoms with Gasteiger partial charge in [-0.3, -0.25) is 4.79 Å². The fourth-order valence-electron chi connectivity index (χ4n) is 3.27. The average Bonchev–Trinajstić information content (AvgIpc) is 3.22. The van der Waals surface area contributed by atoms with Crippen LogP contribution < -0.4 is 10.1 Å². The maximum atomic E-state index is 12.8. The predicted molar refractivity (Wildman–Crippen MR) is 106 cm³/mol. The normalized spacial score (nSPS) is 16.6. The third-order valence-electron chi connectivity index (χ3n) is 4.60. The zero-order valence-corrected chi connectivity index (χ0v) is 16.5. The molecule has 1 fully saturated rings. The number of rotatable bonds is 5. The van der Waals surface area contributed by atoms with Crippen LogP contribution in [-0.2, 0) is 0 Å². The van der Waals surface area contributed by atoms with Crippen LogP contribution in [0.2, 0.25) is 0 Å². The van der Waals surface area contributed by atoms with Crippen molar-refractivity contribution in [3.63, 3.8) is 0 Å². The molecule has 1 aliphatic rings. The lowest BCUT2D eigenvalue weighted by atomic mass is 10.1. The van der Waals surface area contributed by atoms with Crippen LogP contribution in [0.5, 0.6) is 5.75 Å². The van der Waals surface area contributed by atoms with Crippen molar-refractivity contribution in [3.05, 3.63) is 40.1 Å². The molecule has 136 valence electrons. The Morgan fingerprint density at radius 3 is 2.72 bits per heavy atom. The molecule has 0 radical (unpaired) electrons. The Morgan fingerprint density at radius 1 is 1.36 bits per heavy atom. The first kappa shape index (κ1) is 19.8. The van der Waals surface area contributed by atoms with E-state index < -0.39 is 0 Å². The van der Waals surface area contributed by atoms with Crippen LogP contribution in [0.3, 0.4) is 0 Å². The molecule has 1 N–H and O–H groups in total. The monoisotopic (exact) mass is 380 g/mol. The standard InChI is InChI=1S/C19H24N2O2S.ClH/c1-13-17(15-4-6-16(23-3)7-5-15)10-18(24-13)19(22)21-9-8-14(12-21)11-20-2;/h4-7,10,14,20H,8-9,11-12H2,1-3H3;1H. The first-order valence-corrected chi connectivity index (χ1v) is 9.12. The molecule has 1 aliphatic heterocycles. The Labute approximate surface area is 159 Å². The maximum Gasteiger partial charge on any atom is 0.263 e. The van der Waals surface area contributed by atoms with Gasteiger partial charge in [-0.1, -0.05) is 12.1 Å². The molecule has 1 aromatic carbocycles. The summed E-state index contributed by atoms with van der Waals surface area (Å²) in [6.45, 7) is 4.77. The Kier molecular flexibility index (Phi) is 6.87. The number of carbonyl (C=O) groups is 1.